The van der Waals surface area contributed by atoms with Crippen LogP contribution >= 0.6 is 0 Å². The second-order valence-corrected chi connectivity index (χ2v) is 7.63. The quantitative estimate of drug-likeness (QED) is 0.649. The van der Waals surface area contributed by atoms with Crippen molar-refractivity contribution in [3.63, 3.8) is 0 Å². The van der Waals surface area contributed by atoms with E-state index in [-0.39, 0.29) is 11.3 Å². The van der Waals surface area contributed by atoms with E-state index in [1.807, 2.05) is 0 Å². The molecule has 0 aliphatic carbocycles. The van der Waals surface area contributed by atoms with E-state index in [1.54, 1.807) is 31.4 Å². The number of ether oxygens (including phenoxy) is 2. The maximum Gasteiger partial charge on any atom is 0.290 e. The van der Waals surface area contributed by atoms with Gasteiger partial charge < -0.3 is 28.8 Å². The molecule has 1 fully saturated rings. The normalized spacial score (nSPS) is 19.4. The van der Waals surface area contributed by atoms with Crippen LogP contribution in [0.5, 0.6) is 11.5 Å². The van der Waals surface area contributed by atoms with E-state index in [4.69, 9.17) is 13.9 Å². The van der Waals surface area contributed by atoms with E-state index in [0.717, 1.165) is 25.9 Å². The Morgan fingerprint density at radius 2 is 1.94 bits per heavy atom. The molecule has 0 spiro atoms. The molecule has 3 heterocycles. The Morgan fingerprint density at radius 3 is 2.58 bits per heavy atom. The zero-order valence-electron chi connectivity index (χ0n) is 17.7. The molecule has 1 N–H and O–H groups in total. The topological polar surface area (TPSA) is 92.4 Å². The Morgan fingerprint density at radius 1 is 1.16 bits per heavy atom. The fourth-order valence-corrected chi connectivity index (χ4v) is 4.29. The van der Waals surface area contributed by atoms with Crippen molar-refractivity contribution < 1.29 is 28.6 Å². The molecule has 2 aliphatic heterocycles. The minimum atomic E-state index is -0.822. The fourth-order valence-electron chi connectivity index (χ4n) is 4.29. The van der Waals surface area contributed by atoms with Crippen LogP contribution in [-0.2, 0) is 4.79 Å². The Labute approximate surface area is 180 Å². The number of ketones is 1. The standard InChI is InChI=1S/C23H26N2O6/c1-29-15-7-8-17(30-2)16(14-15)20-19(21(26)18-6-5-13-31-18)22(27)23(28)25(20)12-11-24-9-3-4-10-24/h5-8,13-14,20,27H,3-4,9-12H2,1-2H3. The number of carbonyl (C=O) groups excluding carboxylic acids is 2. The van der Waals surface area contributed by atoms with E-state index in [9.17, 15) is 14.7 Å². The van der Waals surface area contributed by atoms with Crippen molar-refractivity contribution in [3.8, 4) is 11.5 Å². The second kappa shape index (κ2) is 8.85. The van der Waals surface area contributed by atoms with Crippen LogP contribution in [0.1, 0.15) is 35.0 Å². The van der Waals surface area contributed by atoms with Gasteiger partial charge in [-0.2, -0.15) is 0 Å². The van der Waals surface area contributed by atoms with Gasteiger partial charge in [0.2, 0.25) is 5.78 Å². The van der Waals surface area contributed by atoms with Crippen LogP contribution in [0.25, 0.3) is 0 Å². The maximum absolute atomic E-state index is 13.2. The number of aliphatic hydroxyl groups is 1. The molecule has 1 atom stereocenters. The van der Waals surface area contributed by atoms with Crippen molar-refractivity contribution in [2.45, 2.75) is 18.9 Å². The first kappa shape index (κ1) is 21.0. The summed E-state index contributed by atoms with van der Waals surface area (Å²) >= 11 is 0. The van der Waals surface area contributed by atoms with Crippen LogP contribution in [0.3, 0.4) is 0 Å². The summed E-state index contributed by atoms with van der Waals surface area (Å²) in [7, 11) is 3.06. The van der Waals surface area contributed by atoms with Crippen LogP contribution < -0.4 is 9.47 Å². The molecule has 0 bridgehead atoms. The zero-order chi connectivity index (χ0) is 22.0. The minimum Gasteiger partial charge on any atom is -0.503 e. The Bertz CT molecular complexity index is 992. The summed E-state index contributed by atoms with van der Waals surface area (Å²) in [6.45, 7) is 2.98. The SMILES string of the molecule is COc1ccc(OC)c(C2C(C(=O)c3ccco3)=C(O)C(=O)N2CCN2CCCC2)c1. The summed E-state index contributed by atoms with van der Waals surface area (Å²) in [4.78, 5) is 30.1. The number of likely N-dealkylation sites (tertiary alicyclic amines) is 1. The number of aliphatic hydroxyl groups excluding tert-OH is 1. The van der Waals surface area contributed by atoms with Crippen LogP contribution in [0, 0.1) is 0 Å². The van der Waals surface area contributed by atoms with Gasteiger partial charge in [0.05, 0.1) is 32.1 Å². The zero-order valence-corrected chi connectivity index (χ0v) is 17.7. The van der Waals surface area contributed by atoms with Gasteiger partial charge in [-0.25, -0.2) is 0 Å². The number of rotatable bonds is 8. The van der Waals surface area contributed by atoms with Crippen LogP contribution in [-0.4, -0.2) is 67.0 Å². The fraction of sp³-hybridized carbons (Fsp3) is 0.391. The lowest BCUT2D eigenvalue weighted by molar-refractivity contribution is -0.129. The summed E-state index contributed by atoms with van der Waals surface area (Å²) < 4.78 is 16.2. The van der Waals surface area contributed by atoms with E-state index in [1.165, 1.54) is 24.3 Å². The average Bonchev–Trinajstić information content (AvgIpc) is 3.54. The van der Waals surface area contributed by atoms with E-state index in [0.29, 0.717) is 30.2 Å². The molecule has 31 heavy (non-hydrogen) atoms. The molecular formula is C23H26N2O6. The first-order chi connectivity index (χ1) is 15.0. The molecule has 8 heteroatoms. The number of amides is 1. The Hall–Kier alpha value is -3.26. The van der Waals surface area contributed by atoms with Crippen LogP contribution in [0.15, 0.2) is 52.3 Å². The number of methoxy groups -OCH3 is 2. The predicted octanol–water partition coefficient (Wildman–Crippen LogP) is 2.97. The lowest BCUT2D eigenvalue weighted by atomic mass is 9.94. The Kier molecular flexibility index (Phi) is 5.99. The molecule has 164 valence electrons. The molecule has 4 rings (SSSR count). The van der Waals surface area contributed by atoms with Gasteiger partial charge in [-0.15, -0.1) is 0 Å². The third-order valence-corrected chi connectivity index (χ3v) is 5.88. The molecule has 2 aliphatic rings. The summed E-state index contributed by atoms with van der Waals surface area (Å²) in [5, 5.41) is 10.8. The molecule has 1 aromatic carbocycles. The molecule has 0 saturated carbocycles. The minimum absolute atomic E-state index is 0.0204. The second-order valence-electron chi connectivity index (χ2n) is 7.63. The predicted molar refractivity (Wildman–Crippen MR) is 112 cm³/mol. The van der Waals surface area contributed by atoms with E-state index in [2.05, 4.69) is 4.90 Å². The molecular weight excluding hydrogens is 400 g/mol. The number of carbonyl (C=O) groups is 2. The molecule has 1 aromatic heterocycles. The van der Waals surface area contributed by atoms with E-state index >= 15 is 0 Å². The van der Waals surface area contributed by atoms with Crippen molar-refractivity contribution in [1.29, 1.82) is 0 Å². The average molecular weight is 426 g/mol. The Balaban J connectivity index is 1.77. The maximum atomic E-state index is 13.2. The number of Topliss-reactive ketones (excluding diaryl/α,β-unsaturated/α-hetero) is 1. The highest BCUT2D eigenvalue weighted by molar-refractivity contribution is 6.15. The third kappa shape index (κ3) is 3.90. The monoisotopic (exact) mass is 426 g/mol. The van der Waals surface area contributed by atoms with Crippen molar-refractivity contribution in [1.82, 2.24) is 9.80 Å². The van der Waals surface area contributed by atoms with Gasteiger partial charge in [-0.05, 0) is 56.3 Å². The van der Waals surface area contributed by atoms with Gasteiger partial charge in [-0.1, -0.05) is 0 Å². The first-order valence-corrected chi connectivity index (χ1v) is 10.3. The molecule has 1 unspecified atom stereocenters. The van der Waals surface area contributed by atoms with Gasteiger partial charge >= 0.3 is 0 Å². The van der Waals surface area contributed by atoms with Gasteiger partial charge in [0.15, 0.2) is 11.5 Å². The van der Waals surface area contributed by atoms with Gasteiger partial charge in [-0.3, -0.25) is 9.59 Å². The number of nitrogens with zero attached hydrogens (tertiary/aromatic N) is 2. The summed E-state index contributed by atoms with van der Waals surface area (Å²) in [5.74, 6) is -0.568. The largest absolute Gasteiger partial charge is 0.503 e. The van der Waals surface area contributed by atoms with Crippen LogP contribution in [0.4, 0.5) is 0 Å². The summed E-state index contributed by atoms with van der Waals surface area (Å²) in [6, 6.07) is 7.48. The summed E-state index contributed by atoms with van der Waals surface area (Å²) in [5.41, 5.74) is 0.545. The van der Waals surface area contributed by atoms with Gasteiger partial charge in [0.1, 0.15) is 11.5 Å². The third-order valence-electron chi connectivity index (χ3n) is 5.88. The summed E-state index contributed by atoms with van der Waals surface area (Å²) in [6.07, 6.45) is 3.65. The highest BCUT2D eigenvalue weighted by Crippen LogP contribution is 2.43. The van der Waals surface area contributed by atoms with Crippen LogP contribution in [0.2, 0.25) is 0 Å². The number of hydrogen-bond donors (Lipinski definition) is 1. The number of furan rings is 1. The molecule has 1 saturated heterocycles. The highest BCUT2D eigenvalue weighted by Gasteiger charge is 2.45. The lowest BCUT2D eigenvalue weighted by Crippen LogP contribution is -2.38. The lowest BCUT2D eigenvalue weighted by Gasteiger charge is -2.29. The van der Waals surface area contributed by atoms with Gasteiger partial charge in [0, 0.05) is 18.7 Å². The number of hydrogen-bond acceptors (Lipinski definition) is 7. The van der Waals surface area contributed by atoms with Gasteiger partial charge in [0.25, 0.3) is 5.91 Å². The number of benzene rings is 1. The van der Waals surface area contributed by atoms with Crippen molar-refractivity contribution in [2.75, 3.05) is 40.4 Å². The highest BCUT2D eigenvalue weighted by atomic mass is 16.5. The molecule has 2 aromatic rings. The van der Waals surface area contributed by atoms with Crippen molar-refractivity contribution in [2.24, 2.45) is 0 Å². The van der Waals surface area contributed by atoms with E-state index < -0.39 is 23.5 Å². The first-order valence-electron chi connectivity index (χ1n) is 10.3. The van der Waals surface area contributed by atoms with Crippen molar-refractivity contribution >= 4 is 11.7 Å². The van der Waals surface area contributed by atoms with Crippen molar-refractivity contribution in [3.05, 3.63) is 59.3 Å². The molecule has 1 amide bonds. The smallest absolute Gasteiger partial charge is 0.290 e. The molecule has 8 nitrogen and oxygen atoms in total. The molecule has 0 radical (unpaired) electrons.